The van der Waals surface area contributed by atoms with Gasteiger partial charge >= 0.3 is 6.09 Å². The normalized spacial score (nSPS) is 23.2. The predicted octanol–water partition coefficient (Wildman–Crippen LogP) is 2.08. The van der Waals surface area contributed by atoms with Crippen LogP contribution < -0.4 is 0 Å². The molecule has 3 fully saturated rings. The Labute approximate surface area is 154 Å². The van der Waals surface area contributed by atoms with Crippen LogP contribution in [0.5, 0.6) is 0 Å². The second kappa shape index (κ2) is 8.89. The molecule has 7 nitrogen and oxygen atoms in total. The molecule has 140 valence electrons. The minimum absolute atomic E-state index is 0.0309. The fourth-order valence-electron chi connectivity index (χ4n) is 3.69. The van der Waals surface area contributed by atoms with Crippen molar-refractivity contribution in [2.75, 3.05) is 45.0 Å². The first-order valence-electron chi connectivity index (χ1n) is 9.30. The van der Waals surface area contributed by atoms with Crippen molar-refractivity contribution < 1.29 is 9.53 Å². The lowest BCUT2D eigenvalue weighted by Crippen LogP contribution is -2.54. The average Bonchev–Trinajstić information content (AvgIpc) is 2.59. The van der Waals surface area contributed by atoms with Crippen molar-refractivity contribution in [2.24, 2.45) is 0 Å². The lowest BCUT2D eigenvalue weighted by atomic mass is 9.91. The molecular formula is C17H29N5O2S. The minimum atomic E-state index is -0.166. The van der Waals surface area contributed by atoms with Crippen molar-refractivity contribution in [1.29, 1.82) is 10.8 Å². The summed E-state index contributed by atoms with van der Waals surface area (Å²) < 4.78 is 5.71. The van der Waals surface area contributed by atoms with Crippen molar-refractivity contribution in [3.8, 4) is 0 Å². The van der Waals surface area contributed by atoms with E-state index >= 15 is 0 Å². The van der Waals surface area contributed by atoms with Gasteiger partial charge in [0.2, 0.25) is 0 Å². The Morgan fingerprint density at radius 1 is 1.04 bits per heavy atom. The number of nitrogens with zero attached hydrogens (tertiary/aromatic N) is 3. The summed E-state index contributed by atoms with van der Waals surface area (Å²) in [5.74, 6) is 1.10. The molecule has 0 aromatic rings. The first-order chi connectivity index (χ1) is 12.2. The Hall–Kier alpha value is -1.28. The van der Waals surface area contributed by atoms with E-state index in [9.17, 15) is 4.79 Å². The highest BCUT2D eigenvalue weighted by molar-refractivity contribution is 8.12. The SMILES string of the molecule is N=CSCC(=N)N1CCC(OC(=O)N2CCN(C3CCC3)CC2)CC1. The van der Waals surface area contributed by atoms with Crippen LogP contribution in [-0.4, -0.2) is 89.3 Å². The van der Waals surface area contributed by atoms with Gasteiger partial charge in [-0.05, 0) is 12.8 Å². The number of ether oxygens (including phenoxy) is 1. The Balaban J connectivity index is 1.35. The van der Waals surface area contributed by atoms with E-state index in [0.717, 1.165) is 58.2 Å². The smallest absolute Gasteiger partial charge is 0.410 e. The number of hydrogen-bond donors (Lipinski definition) is 2. The van der Waals surface area contributed by atoms with Gasteiger partial charge in [-0.2, -0.15) is 0 Å². The second-order valence-electron chi connectivity index (χ2n) is 7.05. The van der Waals surface area contributed by atoms with Crippen molar-refractivity contribution in [3.05, 3.63) is 0 Å². The molecule has 0 unspecified atom stereocenters. The van der Waals surface area contributed by atoms with Gasteiger partial charge in [-0.3, -0.25) is 10.3 Å². The van der Waals surface area contributed by atoms with E-state index in [2.05, 4.69) is 4.90 Å². The summed E-state index contributed by atoms with van der Waals surface area (Å²) in [6.07, 6.45) is 5.35. The number of likely N-dealkylation sites (tertiary alicyclic amines) is 1. The summed E-state index contributed by atoms with van der Waals surface area (Å²) in [6.45, 7) is 5.01. The fourth-order valence-corrected chi connectivity index (χ4v) is 4.12. The maximum absolute atomic E-state index is 12.4. The number of piperidine rings is 1. The number of carbonyl (C=O) groups excluding carboxylic acids is 1. The predicted molar refractivity (Wildman–Crippen MR) is 101 cm³/mol. The molecule has 0 aromatic heterocycles. The molecule has 1 amide bonds. The van der Waals surface area contributed by atoms with Gasteiger partial charge in [0.25, 0.3) is 0 Å². The quantitative estimate of drug-likeness (QED) is 0.574. The van der Waals surface area contributed by atoms with Gasteiger partial charge in [0.15, 0.2) is 0 Å². The molecule has 0 bridgehead atoms. The molecule has 0 spiro atoms. The third-order valence-corrected chi connectivity index (χ3v) is 6.16. The average molecular weight is 368 g/mol. The Kier molecular flexibility index (Phi) is 6.58. The van der Waals surface area contributed by atoms with Gasteiger partial charge in [0.1, 0.15) is 11.9 Å². The third kappa shape index (κ3) is 4.88. The van der Waals surface area contributed by atoms with Crippen LogP contribution in [0.1, 0.15) is 32.1 Å². The molecule has 2 saturated heterocycles. The van der Waals surface area contributed by atoms with E-state index in [1.807, 2.05) is 9.80 Å². The van der Waals surface area contributed by atoms with Crippen LogP contribution >= 0.6 is 11.8 Å². The molecular weight excluding hydrogens is 338 g/mol. The molecule has 2 N–H and O–H groups in total. The molecule has 1 aliphatic carbocycles. The van der Waals surface area contributed by atoms with Crippen LogP contribution in [0.4, 0.5) is 4.79 Å². The highest BCUT2D eigenvalue weighted by Crippen LogP contribution is 2.25. The van der Waals surface area contributed by atoms with Gasteiger partial charge in [0.05, 0.1) is 11.3 Å². The lowest BCUT2D eigenvalue weighted by molar-refractivity contribution is 0.0157. The van der Waals surface area contributed by atoms with E-state index in [1.54, 1.807) is 0 Å². The number of amides is 1. The van der Waals surface area contributed by atoms with Gasteiger partial charge in [0, 0.05) is 58.2 Å². The molecule has 3 aliphatic rings. The van der Waals surface area contributed by atoms with Crippen LogP contribution in [0.15, 0.2) is 0 Å². The van der Waals surface area contributed by atoms with Gasteiger partial charge < -0.3 is 19.9 Å². The minimum Gasteiger partial charge on any atom is -0.446 e. The summed E-state index contributed by atoms with van der Waals surface area (Å²) in [5.41, 5.74) is 1.27. The van der Waals surface area contributed by atoms with Crippen LogP contribution in [-0.2, 0) is 4.74 Å². The van der Waals surface area contributed by atoms with E-state index in [0.29, 0.717) is 11.6 Å². The largest absolute Gasteiger partial charge is 0.446 e. The Morgan fingerprint density at radius 3 is 2.28 bits per heavy atom. The standard InChI is InChI=1S/C17H29N5O2S/c18-13-25-12-16(19)21-6-4-15(5-7-21)24-17(23)22-10-8-20(9-11-22)14-2-1-3-14/h13-15,18-19H,1-12H2. The second-order valence-corrected chi connectivity index (χ2v) is 7.91. The van der Waals surface area contributed by atoms with Crippen LogP contribution in [0.25, 0.3) is 0 Å². The van der Waals surface area contributed by atoms with E-state index in [1.165, 1.54) is 36.6 Å². The highest BCUT2D eigenvalue weighted by atomic mass is 32.2. The highest BCUT2D eigenvalue weighted by Gasteiger charge is 2.31. The summed E-state index contributed by atoms with van der Waals surface area (Å²) in [5, 5.41) is 15.0. The summed E-state index contributed by atoms with van der Waals surface area (Å²) in [7, 11) is 0. The van der Waals surface area contributed by atoms with Crippen LogP contribution in [0, 0.1) is 10.8 Å². The van der Waals surface area contributed by atoms with Crippen molar-refractivity contribution >= 4 is 29.2 Å². The number of thioether (sulfide) groups is 1. The van der Waals surface area contributed by atoms with E-state index in [-0.39, 0.29) is 12.2 Å². The molecule has 0 atom stereocenters. The number of piperazine rings is 1. The molecule has 25 heavy (non-hydrogen) atoms. The zero-order chi connectivity index (χ0) is 17.6. The summed E-state index contributed by atoms with van der Waals surface area (Å²) >= 11 is 1.33. The molecule has 8 heteroatoms. The van der Waals surface area contributed by atoms with Gasteiger partial charge in [-0.25, -0.2) is 4.79 Å². The molecule has 2 heterocycles. The van der Waals surface area contributed by atoms with Gasteiger partial charge in [-0.1, -0.05) is 6.42 Å². The Morgan fingerprint density at radius 2 is 1.72 bits per heavy atom. The molecule has 2 aliphatic heterocycles. The molecule has 3 rings (SSSR count). The molecule has 0 aromatic carbocycles. The van der Waals surface area contributed by atoms with Crippen molar-refractivity contribution in [3.63, 3.8) is 0 Å². The first-order valence-corrected chi connectivity index (χ1v) is 10.3. The summed E-state index contributed by atoms with van der Waals surface area (Å²) in [4.78, 5) is 18.8. The number of hydrogen-bond acceptors (Lipinski definition) is 6. The Bertz CT molecular complexity index is 483. The number of nitrogens with one attached hydrogen (secondary N) is 2. The zero-order valence-electron chi connectivity index (χ0n) is 14.8. The maximum atomic E-state index is 12.4. The van der Waals surface area contributed by atoms with Crippen LogP contribution in [0.2, 0.25) is 0 Å². The van der Waals surface area contributed by atoms with Crippen LogP contribution in [0.3, 0.4) is 0 Å². The zero-order valence-corrected chi connectivity index (χ0v) is 15.6. The first kappa shape index (κ1) is 18.5. The maximum Gasteiger partial charge on any atom is 0.410 e. The lowest BCUT2D eigenvalue weighted by Gasteiger charge is -2.43. The third-order valence-electron chi connectivity index (χ3n) is 5.56. The topological polar surface area (TPSA) is 83.7 Å². The van der Waals surface area contributed by atoms with Gasteiger partial charge in [-0.15, -0.1) is 11.8 Å². The van der Waals surface area contributed by atoms with Crippen molar-refractivity contribution in [2.45, 2.75) is 44.2 Å². The van der Waals surface area contributed by atoms with E-state index < -0.39 is 0 Å². The van der Waals surface area contributed by atoms with Crippen molar-refractivity contribution in [1.82, 2.24) is 14.7 Å². The van der Waals surface area contributed by atoms with E-state index in [4.69, 9.17) is 15.6 Å². The number of carbonyl (C=O) groups is 1. The summed E-state index contributed by atoms with van der Waals surface area (Å²) in [6, 6.07) is 0.753. The molecule has 1 saturated carbocycles. The monoisotopic (exact) mass is 367 g/mol. The molecule has 0 radical (unpaired) electrons. The fraction of sp³-hybridized carbons (Fsp3) is 0.824. The number of amidine groups is 1. The number of rotatable bonds is 5.